The molecule has 1 atom stereocenters. The number of nitrogens with one attached hydrogen (secondary N) is 1. The molecule has 1 N–H and O–H groups in total. The second-order valence-electron chi connectivity index (χ2n) is 5.38. The van der Waals surface area contributed by atoms with Crippen LogP contribution in [0.1, 0.15) is 43.9 Å². The number of carbonyl (C=O) groups excluding carboxylic acids is 1. The van der Waals surface area contributed by atoms with Gasteiger partial charge in [-0.2, -0.15) is 0 Å². The van der Waals surface area contributed by atoms with Gasteiger partial charge in [0.25, 0.3) is 0 Å². The zero-order chi connectivity index (χ0) is 14.5. The van der Waals surface area contributed by atoms with Crippen molar-refractivity contribution >= 4 is 33.2 Å². The van der Waals surface area contributed by atoms with E-state index in [0.29, 0.717) is 6.04 Å². The molecular formula is C15H23BrN2OS. The fourth-order valence-corrected chi connectivity index (χ4v) is 4.23. The molecule has 1 aromatic rings. The molecular weight excluding hydrogens is 336 g/mol. The van der Waals surface area contributed by atoms with Gasteiger partial charge < -0.3 is 10.2 Å². The van der Waals surface area contributed by atoms with Crippen molar-refractivity contribution in [3.8, 4) is 0 Å². The van der Waals surface area contributed by atoms with E-state index in [0.717, 1.165) is 47.6 Å². The Morgan fingerprint density at radius 2 is 2.20 bits per heavy atom. The number of rotatable bonds is 5. The third-order valence-electron chi connectivity index (χ3n) is 3.89. The van der Waals surface area contributed by atoms with Crippen molar-refractivity contribution in [3.05, 3.63) is 20.8 Å². The summed E-state index contributed by atoms with van der Waals surface area (Å²) in [6.45, 7) is 7.10. The quantitative estimate of drug-likeness (QED) is 0.871. The standard InChI is InChI=1S/C15H23BrN2OS/c1-3-10-18(12-6-8-17-9-7-12)15(19)11(2)13-4-5-14(16)20-13/h4-5,11-12,17H,3,6-10H2,1-2H3. The molecule has 1 amide bonds. The van der Waals surface area contributed by atoms with E-state index in [1.807, 2.05) is 13.0 Å². The van der Waals surface area contributed by atoms with Crippen LogP contribution in [0.4, 0.5) is 0 Å². The number of hydrogen-bond donors (Lipinski definition) is 1. The van der Waals surface area contributed by atoms with E-state index in [1.54, 1.807) is 11.3 Å². The molecule has 20 heavy (non-hydrogen) atoms. The van der Waals surface area contributed by atoms with Gasteiger partial charge in [-0.15, -0.1) is 11.3 Å². The van der Waals surface area contributed by atoms with E-state index in [9.17, 15) is 4.79 Å². The van der Waals surface area contributed by atoms with Crippen LogP contribution in [-0.4, -0.2) is 36.5 Å². The first kappa shape index (κ1) is 16.0. The van der Waals surface area contributed by atoms with E-state index in [2.05, 4.69) is 39.1 Å². The maximum atomic E-state index is 12.8. The number of nitrogens with zero attached hydrogens (tertiary/aromatic N) is 1. The number of hydrogen-bond acceptors (Lipinski definition) is 3. The van der Waals surface area contributed by atoms with Crippen LogP contribution in [0.3, 0.4) is 0 Å². The van der Waals surface area contributed by atoms with Gasteiger partial charge in [0.2, 0.25) is 5.91 Å². The van der Waals surface area contributed by atoms with Crippen LogP contribution in [0.2, 0.25) is 0 Å². The molecule has 1 unspecified atom stereocenters. The van der Waals surface area contributed by atoms with E-state index in [4.69, 9.17) is 0 Å². The highest BCUT2D eigenvalue weighted by Crippen LogP contribution is 2.30. The second kappa shape index (κ2) is 7.57. The molecule has 0 aliphatic carbocycles. The van der Waals surface area contributed by atoms with E-state index in [1.165, 1.54) is 0 Å². The summed E-state index contributed by atoms with van der Waals surface area (Å²) in [5.41, 5.74) is 0. The van der Waals surface area contributed by atoms with Crippen LogP contribution in [0.15, 0.2) is 15.9 Å². The average Bonchev–Trinajstić information content (AvgIpc) is 2.91. The summed E-state index contributed by atoms with van der Waals surface area (Å²) in [6, 6.07) is 4.50. The predicted molar refractivity (Wildman–Crippen MR) is 88.3 cm³/mol. The Morgan fingerprint density at radius 1 is 1.50 bits per heavy atom. The fraction of sp³-hybridized carbons (Fsp3) is 0.667. The Bertz CT molecular complexity index is 443. The lowest BCUT2D eigenvalue weighted by Gasteiger charge is -2.36. The maximum absolute atomic E-state index is 12.8. The molecule has 0 radical (unpaired) electrons. The first-order valence-corrected chi connectivity index (χ1v) is 9.00. The lowest BCUT2D eigenvalue weighted by molar-refractivity contribution is -0.135. The molecule has 1 aliphatic heterocycles. The van der Waals surface area contributed by atoms with Crippen molar-refractivity contribution in [1.29, 1.82) is 0 Å². The Balaban J connectivity index is 2.09. The Hall–Kier alpha value is -0.390. The van der Waals surface area contributed by atoms with Crippen molar-refractivity contribution in [2.75, 3.05) is 19.6 Å². The zero-order valence-corrected chi connectivity index (χ0v) is 14.6. The Labute approximate surface area is 133 Å². The smallest absolute Gasteiger partial charge is 0.230 e. The van der Waals surface area contributed by atoms with Gasteiger partial charge in [0.05, 0.1) is 9.70 Å². The molecule has 0 saturated carbocycles. The van der Waals surface area contributed by atoms with Gasteiger partial charge in [0.15, 0.2) is 0 Å². The monoisotopic (exact) mass is 358 g/mol. The van der Waals surface area contributed by atoms with Gasteiger partial charge in [-0.05, 0) is 67.3 Å². The average molecular weight is 359 g/mol. The van der Waals surface area contributed by atoms with Gasteiger partial charge in [-0.3, -0.25) is 4.79 Å². The van der Waals surface area contributed by atoms with Crippen LogP contribution < -0.4 is 5.32 Å². The Morgan fingerprint density at radius 3 is 2.75 bits per heavy atom. The van der Waals surface area contributed by atoms with Gasteiger partial charge in [0.1, 0.15) is 0 Å². The number of amides is 1. The van der Waals surface area contributed by atoms with E-state index < -0.39 is 0 Å². The van der Waals surface area contributed by atoms with Crippen LogP contribution in [0.25, 0.3) is 0 Å². The molecule has 3 nitrogen and oxygen atoms in total. The van der Waals surface area contributed by atoms with Crippen molar-refractivity contribution in [2.24, 2.45) is 0 Å². The molecule has 0 bridgehead atoms. The first-order chi connectivity index (χ1) is 9.63. The van der Waals surface area contributed by atoms with Crippen molar-refractivity contribution in [1.82, 2.24) is 10.2 Å². The summed E-state index contributed by atoms with van der Waals surface area (Å²) < 4.78 is 1.09. The molecule has 0 aromatic carbocycles. The highest BCUT2D eigenvalue weighted by molar-refractivity contribution is 9.11. The van der Waals surface area contributed by atoms with Gasteiger partial charge in [-0.1, -0.05) is 6.92 Å². The van der Waals surface area contributed by atoms with Crippen LogP contribution in [0, 0.1) is 0 Å². The second-order valence-corrected chi connectivity index (χ2v) is 7.87. The lowest BCUT2D eigenvalue weighted by atomic mass is 10.0. The largest absolute Gasteiger partial charge is 0.339 e. The minimum atomic E-state index is -0.0345. The van der Waals surface area contributed by atoms with Crippen molar-refractivity contribution < 1.29 is 4.79 Å². The highest BCUT2D eigenvalue weighted by Gasteiger charge is 2.29. The molecule has 1 aromatic heterocycles. The van der Waals surface area contributed by atoms with Crippen LogP contribution in [0.5, 0.6) is 0 Å². The third kappa shape index (κ3) is 3.83. The van der Waals surface area contributed by atoms with Crippen molar-refractivity contribution in [2.45, 2.75) is 45.1 Å². The molecule has 2 heterocycles. The topological polar surface area (TPSA) is 32.3 Å². The summed E-state index contributed by atoms with van der Waals surface area (Å²) in [6.07, 6.45) is 3.18. The van der Waals surface area contributed by atoms with E-state index >= 15 is 0 Å². The minimum absolute atomic E-state index is 0.0345. The summed E-state index contributed by atoms with van der Waals surface area (Å²) in [5.74, 6) is 0.251. The summed E-state index contributed by atoms with van der Waals surface area (Å²) in [5, 5.41) is 3.37. The first-order valence-electron chi connectivity index (χ1n) is 7.40. The molecule has 112 valence electrons. The predicted octanol–water partition coefficient (Wildman–Crippen LogP) is 3.60. The molecule has 5 heteroatoms. The summed E-state index contributed by atoms with van der Waals surface area (Å²) >= 11 is 5.14. The number of carbonyl (C=O) groups is 1. The van der Waals surface area contributed by atoms with Gasteiger partial charge in [0, 0.05) is 17.5 Å². The highest BCUT2D eigenvalue weighted by atomic mass is 79.9. The number of thiophene rings is 1. The summed E-state index contributed by atoms with van der Waals surface area (Å²) in [4.78, 5) is 16.1. The zero-order valence-electron chi connectivity index (χ0n) is 12.2. The van der Waals surface area contributed by atoms with E-state index in [-0.39, 0.29) is 11.8 Å². The number of piperidine rings is 1. The van der Waals surface area contributed by atoms with Gasteiger partial charge >= 0.3 is 0 Å². The third-order valence-corrected chi connectivity index (χ3v) is 5.69. The molecule has 1 aliphatic rings. The SMILES string of the molecule is CCCN(C(=O)C(C)c1ccc(Br)s1)C1CCNCC1. The molecule has 2 rings (SSSR count). The Kier molecular flexibility index (Phi) is 6.05. The molecule has 0 spiro atoms. The number of halogens is 1. The van der Waals surface area contributed by atoms with Crippen LogP contribution in [-0.2, 0) is 4.79 Å². The van der Waals surface area contributed by atoms with Crippen LogP contribution >= 0.6 is 27.3 Å². The molecule has 1 saturated heterocycles. The van der Waals surface area contributed by atoms with Gasteiger partial charge in [-0.25, -0.2) is 0 Å². The molecule has 1 fully saturated rings. The lowest BCUT2D eigenvalue weighted by Crippen LogP contribution is -2.47. The normalized spacial score (nSPS) is 17.9. The fourth-order valence-electron chi connectivity index (χ4n) is 2.76. The maximum Gasteiger partial charge on any atom is 0.230 e. The van der Waals surface area contributed by atoms with Crippen molar-refractivity contribution in [3.63, 3.8) is 0 Å². The summed E-state index contributed by atoms with van der Waals surface area (Å²) in [7, 11) is 0. The minimum Gasteiger partial charge on any atom is -0.339 e.